The fourth-order valence-corrected chi connectivity index (χ4v) is 4.12. The van der Waals surface area contributed by atoms with E-state index in [0.717, 1.165) is 68.7 Å². The SMILES string of the molecule is CN=C(NCC1CCN(Cc2csc(C)n2)CC1)N(C)CCOCC1CC1.I. The minimum absolute atomic E-state index is 0. The highest BCUT2D eigenvalue weighted by atomic mass is 127. The molecule has 8 heteroatoms. The lowest BCUT2D eigenvalue weighted by molar-refractivity contribution is 0.115. The van der Waals surface area contributed by atoms with E-state index in [1.54, 1.807) is 11.3 Å². The average molecular weight is 522 g/mol. The number of hydrogen-bond acceptors (Lipinski definition) is 5. The third-order valence-electron chi connectivity index (χ3n) is 5.50. The average Bonchev–Trinajstić information content (AvgIpc) is 3.41. The van der Waals surface area contributed by atoms with Crippen molar-refractivity contribution in [2.24, 2.45) is 16.8 Å². The topological polar surface area (TPSA) is 53.0 Å². The number of aliphatic imine (C=N–C) groups is 1. The van der Waals surface area contributed by atoms with E-state index >= 15 is 0 Å². The summed E-state index contributed by atoms with van der Waals surface area (Å²) in [7, 11) is 3.95. The minimum Gasteiger partial charge on any atom is -0.379 e. The molecule has 0 bridgehead atoms. The van der Waals surface area contributed by atoms with E-state index in [1.165, 1.54) is 31.4 Å². The summed E-state index contributed by atoms with van der Waals surface area (Å²) in [6.45, 7) is 8.99. The third kappa shape index (κ3) is 8.12. The molecule has 1 aromatic rings. The zero-order valence-electron chi connectivity index (χ0n) is 17.5. The molecule has 0 radical (unpaired) electrons. The molecule has 1 N–H and O–H groups in total. The fourth-order valence-electron chi connectivity index (χ4n) is 3.52. The molecule has 0 unspecified atom stereocenters. The van der Waals surface area contributed by atoms with Crippen LogP contribution in [0.3, 0.4) is 0 Å². The van der Waals surface area contributed by atoms with Crippen LogP contribution in [0.1, 0.15) is 36.4 Å². The highest BCUT2D eigenvalue weighted by Gasteiger charge is 2.22. The van der Waals surface area contributed by atoms with Crippen LogP contribution in [0.4, 0.5) is 0 Å². The van der Waals surface area contributed by atoms with Gasteiger partial charge in [0.25, 0.3) is 0 Å². The van der Waals surface area contributed by atoms with Gasteiger partial charge in [-0.2, -0.15) is 0 Å². The number of guanidine groups is 1. The molecule has 28 heavy (non-hydrogen) atoms. The first-order valence-corrected chi connectivity index (χ1v) is 11.1. The Labute approximate surface area is 191 Å². The molecule has 1 aromatic heterocycles. The fraction of sp³-hybridized carbons (Fsp3) is 0.800. The van der Waals surface area contributed by atoms with Crippen molar-refractivity contribution in [3.8, 4) is 0 Å². The van der Waals surface area contributed by atoms with Crippen LogP contribution in [-0.2, 0) is 11.3 Å². The standard InChI is InChI=1S/C20H35N5OS.HI/c1-16-23-19(15-27-16)13-25-8-6-17(7-9-25)12-22-20(21-2)24(3)10-11-26-14-18-4-5-18;/h15,17-18H,4-14H2,1-3H3,(H,21,22);1H. The lowest BCUT2D eigenvalue weighted by atomic mass is 9.97. The molecule has 1 aliphatic heterocycles. The predicted octanol–water partition coefficient (Wildman–Crippen LogP) is 3.22. The van der Waals surface area contributed by atoms with Crippen LogP contribution in [0.15, 0.2) is 10.4 Å². The molecule has 2 heterocycles. The summed E-state index contributed by atoms with van der Waals surface area (Å²) in [6.07, 6.45) is 5.17. The number of piperidine rings is 1. The molecule has 0 amide bonds. The van der Waals surface area contributed by atoms with Crippen molar-refractivity contribution in [1.29, 1.82) is 0 Å². The quantitative estimate of drug-likeness (QED) is 0.234. The predicted molar refractivity (Wildman–Crippen MR) is 128 cm³/mol. The number of aryl methyl sites for hydroxylation is 1. The van der Waals surface area contributed by atoms with E-state index in [2.05, 4.69) is 44.4 Å². The van der Waals surface area contributed by atoms with Gasteiger partial charge in [-0.1, -0.05) is 0 Å². The van der Waals surface area contributed by atoms with Gasteiger partial charge in [-0.25, -0.2) is 4.98 Å². The van der Waals surface area contributed by atoms with E-state index in [4.69, 9.17) is 4.74 Å². The van der Waals surface area contributed by atoms with Crippen molar-refractivity contribution in [3.05, 3.63) is 16.1 Å². The highest BCUT2D eigenvalue weighted by molar-refractivity contribution is 14.0. The summed E-state index contributed by atoms with van der Waals surface area (Å²) in [6, 6.07) is 0. The van der Waals surface area contributed by atoms with Crippen LogP contribution < -0.4 is 5.32 Å². The molecule has 2 fully saturated rings. The van der Waals surface area contributed by atoms with E-state index in [9.17, 15) is 0 Å². The van der Waals surface area contributed by atoms with Gasteiger partial charge in [0.05, 0.1) is 17.3 Å². The molecule has 160 valence electrons. The molecular weight excluding hydrogens is 485 g/mol. The number of ether oxygens (including phenoxy) is 1. The lowest BCUT2D eigenvalue weighted by Crippen LogP contribution is -2.44. The van der Waals surface area contributed by atoms with Gasteiger partial charge in [0.1, 0.15) is 0 Å². The number of likely N-dealkylation sites (tertiary alicyclic amines) is 1. The summed E-state index contributed by atoms with van der Waals surface area (Å²) < 4.78 is 5.75. The number of aromatic nitrogens is 1. The maximum absolute atomic E-state index is 5.75. The first kappa shape index (κ1) is 23.8. The summed E-state index contributed by atoms with van der Waals surface area (Å²) in [5.74, 6) is 2.53. The first-order valence-electron chi connectivity index (χ1n) is 10.3. The van der Waals surface area contributed by atoms with Gasteiger partial charge in [-0.05, 0) is 57.5 Å². The number of likely N-dealkylation sites (N-methyl/N-ethyl adjacent to an activating group) is 1. The number of hydrogen-bond donors (Lipinski definition) is 1. The van der Waals surface area contributed by atoms with E-state index < -0.39 is 0 Å². The molecule has 6 nitrogen and oxygen atoms in total. The second kappa shape index (κ2) is 12.3. The van der Waals surface area contributed by atoms with Gasteiger partial charge < -0.3 is 15.0 Å². The van der Waals surface area contributed by atoms with Gasteiger partial charge in [0.15, 0.2) is 5.96 Å². The Morgan fingerprint density at radius 2 is 2.07 bits per heavy atom. The Morgan fingerprint density at radius 3 is 2.68 bits per heavy atom. The van der Waals surface area contributed by atoms with E-state index in [1.807, 2.05) is 7.05 Å². The largest absolute Gasteiger partial charge is 0.379 e. The Kier molecular flexibility index (Phi) is 10.5. The molecule has 0 spiro atoms. The van der Waals surface area contributed by atoms with Crippen molar-refractivity contribution >= 4 is 41.3 Å². The Bertz CT molecular complexity index is 599. The van der Waals surface area contributed by atoms with E-state index in [0.29, 0.717) is 0 Å². The molecule has 1 aliphatic carbocycles. The molecule has 0 atom stereocenters. The van der Waals surface area contributed by atoms with Gasteiger partial charge in [-0.3, -0.25) is 9.89 Å². The Morgan fingerprint density at radius 1 is 1.32 bits per heavy atom. The van der Waals surface area contributed by atoms with Crippen LogP contribution in [0.2, 0.25) is 0 Å². The lowest BCUT2D eigenvalue weighted by Gasteiger charge is -2.32. The molecule has 0 aromatic carbocycles. The summed E-state index contributed by atoms with van der Waals surface area (Å²) in [5.41, 5.74) is 1.22. The molecule has 1 saturated carbocycles. The van der Waals surface area contributed by atoms with Gasteiger partial charge >= 0.3 is 0 Å². The number of thiazole rings is 1. The monoisotopic (exact) mass is 521 g/mol. The normalized spacial score (nSPS) is 18.8. The first-order chi connectivity index (χ1) is 13.1. The van der Waals surface area contributed by atoms with Crippen LogP contribution in [0.5, 0.6) is 0 Å². The van der Waals surface area contributed by atoms with Crippen molar-refractivity contribution < 1.29 is 4.74 Å². The summed E-state index contributed by atoms with van der Waals surface area (Å²) >= 11 is 1.75. The summed E-state index contributed by atoms with van der Waals surface area (Å²) in [5, 5.41) is 6.92. The number of nitrogens with one attached hydrogen (secondary N) is 1. The number of nitrogens with zero attached hydrogens (tertiary/aromatic N) is 4. The maximum atomic E-state index is 5.75. The second-order valence-corrected chi connectivity index (χ2v) is 9.01. The van der Waals surface area contributed by atoms with Crippen LogP contribution in [0, 0.1) is 18.8 Å². The number of halogens is 1. The molecule has 2 aliphatic rings. The van der Waals surface area contributed by atoms with Crippen molar-refractivity contribution in [2.45, 2.75) is 39.2 Å². The Hall–Kier alpha value is -0.450. The second-order valence-electron chi connectivity index (χ2n) is 7.95. The summed E-state index contributed by atoms with van der Waals surface area (Å²) in [4.78, 5) is 13.7. The number of rotatable bonds is 9. The molecular formula is C20H36IN5OS. The van der Waals surface area contributed by atoms with Crippen molar-refractivity contribution in [1.82, 2.24) is 20.1 Å². The molecule has 1 saturated heterocycles. The smallest absolute Gasteiger partial charge is 0.193 e. The van der Waals surface area contributed by atoms with Crippen LogP contribution in [-0.4, -0.2) is 74.2 Å². The maximum Gasteiger partial charge on any atom is 0.193 e. The van der Waals surface area contributed by atoms with Crippen molar-refractivity contribution in [3.63, 3.8) is 0 Å². The highest BCUT2D eigenvalue weighted by Crippen LogP contribution is 2.28. The van der Waals surface area contributed by atoms with Crippen LogP contribution >= 0.6 is 35.3 Å². The minimum atomic E-state index is 0. The van der Waals surface area contributed by atoms with Crippen LogP contribution in [0.25, 0.3) is 0 Å². The van der Waals surface area contributed by atoms with Gasteiger partial charge in [0, 0.05) is 45.7 Å². The van der Waals surface area contributed by atoms with Gasteiger partial charge in [0.2, 0.25) is 0 Å². The Balaban J connectivity index is 0.00000280. The zero-order valence-corrected chi connectivity index (χ0v) is 20.7. The third-order valence-corrected chi connectivity index (χ3v) is 6.33. The zero-order chi connectivity index (χ0) is 19.1. The van der Waals surface area contributed by atoms with Gasteiger partial charge in [-0.15, -0.1) is 35.3 Å². The molecule has 3 rings (SSSR count). The van der Waals surface area contributed by atoms with E-state index in [-0.39, 0.29) is 24.0 Å². The van der Waals surface area contributed by atoms with Crippen molar-refractivity contribution in [2.75, 3.05) is 53.5 Å².